The summed E-state index contributed by atoms with van der Waals surface area (Å²) in [6, 6.07) is 1.74. The lowest BCUT2D eigenvalue weighted by molar-refractivity contribution is 0.431. The zero-order chi connectivity index (χ0) is 12.7. The second kappa shape index (κ2) is 4.55. The predicted octanol–water partition coefficient (Wildman–Crippen LogP) is 3.76. The van der Waals surface area contributed by atoms with Gasteiger partial charge in [0.25, 0.3) is 5.22 Å². The van der Waals surface area contributed by atoms with E-state index in [1.165, 1.54) is 11.8 Å². The molecule has 0 atom stereocenters. The normalized spacial score (nSPS) is 15.1. The maximum atomic E-state index is 6.01. The average Bonchev–Trinajstić information content (AvgIpc) is 3.07. The van der Waals surface area contributed by atoms with Gasteiger partial charge in [0.15, 0.2) is 0 Å². The van der Waals surface area contributed by atoms with Crippen LogP contribution in [0.1, 0.15) is 36.0 Å². The summed E-state index contributed by atoms with van der Waals surface area (Å²) in [4.78, 5) is 13.1. The Kier molecular flexibility index (Phi) is 3.03. The summed E-state index contributed by atoms with van der Waals surface area (Å²) >= 11 is 7.39. The first kappa shape index (κ1) is 12.0. The minimum absolute atomic E-state index is 0.481. The SMILES string of the molecule is Cc1nc(Sc2cc(Cl)nc(C3CC3)n2)oc1C. The van der Waals surface area contributed by atoms with Crippen molar-refractivity contribution in [3.63, 3.8) is 0 Å². The first-order chi connectivity index (χ1) is 8.61. The lowest BCUT2D eigenvalue weighted by atomic mass is 10.4. The summed E-state index contributed by atoms with van der Waals surface area (Å²) in [5, 5.41) is 1.87. The van der Waals surface area contributed by atoms with E-state index in [-0.39, 0.29) is 0 Å². The van der Waals surface area contributed by atoms with Crippen LogP contribution in [0.15, 0.2) is 20.7 Å². The fourth-order valence-corrected chi connectivity index (χ4v) is 2.66. The molecule has 1 saturated carbocycles. The number of aryl methyl sites for hydroxylation is 2. The van der Waals surface area contributed by atoms with Gasteiger partial charge in [-0.1, -0.05) is 11.6 Å². The molecule has 0 radical (unpaired) electrons. The van der Waals surface area contributed by atoms with Gasteiger partial charge in [-0.2, -0.15) is 0 Å². The molecule has 0 bridgehead atoms. The molecule has 1 aliphatic carbocycles. The van der Waals surface area contributed by atoms with Crippen LogP contribution in [0.3, 0.4) is 0 Å². The third-order valence-corrected chi connectivity index (χ3v) is 3.79. The summed E-state index contributed by atoms with van der Waals surface area (Å²) in [6.45, 7) is 3.82. The monoisotopic (exact) mass is 281 g/mol. The fourth-order valence-electron chi connectivity index (χ4n) is 1.57. The number of nitrogens with zero attached hydrogens (tertiary/aromatic N) is 3. The van der Waals surface area contributed by atoms with Crippen LogP contribution < -0.4 is 0 Å². The Hall–Kier alpha value is -1.07. The van der Waals surface area contributed by atoms with Crippen molar-refractivity contribution in [3.8, 4) is 0 Å². The highest BCUT2D eigenvalue weighted by molar-refractivity contribution is 7.99. The second-order valence-corrected chi connectivity index (χ2v) is 5.74. The summed E-state index contributed by atoms with van der Waals surface area (Å²) < 4.78 is 5.52. The quantitative estimate of drug-likeness (QED) is 0.802. The third-order valence-electron chi connectivity index (χ3n) is 2.83. The molecule has 94 valence electrons. The van der Waals surface area contributed by atoms with Gasteiger partial charge in [-0.25, -0.2) is 15.0 Å². The maximum Gasteiger partial charge on any atom is 0.262 e. The lowest BCUT2D eigenvalue weighted by Crippen LogP contribution is -1.94. The van der Waals surface area contributed by atoms with Gasteiger partial charge in [0, 0.05) is 12.0 Å². The van der Waals surface area contributed by atoms with Crippen LogP contribution in [0.4, 0.5) is 0 Å². The third kappa shape index (κ3) is 2.52. The van der Waals surface area contributed by atoms with Crippen LogP contribution >= 0.6 is 23.4 Å². The molecule has 4 nitrogen and oxygen atoms in total. The van der Waals surface area contributed by atoms with Gasteiger partial charge in [0.2, 0.25) is 0 Å². The van der Waals surface area contributed by atoms with Crippen LogP contribution in [-0.2, 0) is 0 Å². The van der Waals surface area contributed by atoms with Gasteiger partial charge in [-0.15, -0.1) is 0 Å². The number of halogens is 1. The molecule has 6 heteroatoms. The topological polar surface area (TPSA) is 51.8 Å². The van der Waals surface area contributed by atoms with Crippen molar-refractivity contribution in [1.82, 2.24) is 15.0 Å². The zero-order valence-electron chi connectivity index (χ0n) is 10.1. The van der Waals surface area contributed by atoms with Crippen LogP contribution in [0.5, 0.6) is 0 Å². The van der Waals surface area contributed by atoms with Gasteiger partial charge >= 0.3 is 0 Å². The molecule has 0 unspecified atom stereocenters. The first-order valence-electron chi connectivity index (χ1n) is 5.78. The molecule has 1 fully saturated rings. The van der Waals surface area contributed by atoms with E-state index in [4.69, 9.17) is 16.0 Å². The Morgan fingerprint density at radius 2 is 2.06 bits per heavy atom. The second-order valence-electron chi connectivity index (χ2n) is 4.38. The highest BCUT2D eigenvalue weighted by Crippen LogP contribution is 2.39. The number of rotatable bonds is 3. The van der Waals surface area contributed by atoms with Crippen LogP contribution in [0.2, 0.25) is 5.15 Å². The Morgan fingerprint density at radius 3 is 2.67 bits per heavy atom. The summed E-state index contributed by atoms with van der Waals surface area (Å²) in [7, 11) is 0. The molecular formula is C12H12ClN3OS. The van der Waals surface area contributed by atoms with Gasteiger partial charge < -0.3 is 4.42 Å². The smallest absolute Gasteiger partial charge is 0.262 e. The molecule has 0 N–H and O–H groups in total. The molecule has 0 spiro atoms. The molecule has 2 aromatic rings. The van der Waals surface area contributed by atoms with E-state index >= 15 is 0 Å². The molecule has 0 aromatic carbocycles. The van der Waals surface area contributed by atoms with Crippen LogP contribution in [0, 0.1) is 13.8 Å². The van der Waals surface area contributed by atoms with Crippen molar-refractivity contribution in [2.45, 2.75) is 42.9 Å². The van der Waals surface area contributed by atoms with Crippen molar-refractivity contribution < 1.29 is 4.42 Å². The standard InChI is InChI=1S/C12H12ClN3OS/c1-6-7(2)17-12(14-6)18-10-5-9(13)15-11(16-10)8-3-4-8/h5,8H,3-4H2,1-2H3. The first-order valence-corrected chi connectivity index (χ1v) is 6.97. The van der Waals surface area contributed by atoms with Gasteiger partial charge in [-0.3, -0.25) is 0 Å². The number of hydrogen-bond acceptors (Lipinski definition) is 5. The predicted molar refractivity (Wildman–Crippen MR) is 69.1 cm³/mol. The molecule has 3 rings (SSSR count). The summed E-state index contributed by atoms with van der Waals surface area (Å²) in [5.41, 5.74) is 0.903. The van der Waals surface area contributed by atoms with E-state index in [9.17, 15) is 0 Å². The summed E-state index contributed by atoms with van der Waals surface area (Å²) in [5.74, 6) is 2.15. The van der Waals surface area contributed by atoms with Crippen LogP contribution in [0.25, 0.3) is 0 Å². The van der Waals surface area contributed by atoms with E-state index in [0.29, 0.717) is 16.3 Å². The molecule has 18 heavy (non-hydrogen) atoms. The summed E-state index contributed by atoms with van der Waals surface area (Å²) in [6.07, 6.45) is 2.31. The number of aromatic nitrogens is 3. The van der Waals surface area contributed by atoms with E-state index < -0.39 is 0 Å². The van der Waals surface area contributed by atoms with Gasteiger partial charge in [0.05, 0.1) is 5.69 Å². The molecule has 2 aromatic heterocycles. The van der Waals surface area contributed by atoms with E-state index in [1.54, 1.807) is 6.07 Å². The van der Waals surface area contributed by atoms with E-state index in [1.807, 2.05) is 13.8 Å². The minimum atomic E-state index is 0.481. The number of oxazole rings is 1. The van der Waals surface area contributed by atoms with E-state index in [0.717, 1.165) is 35.1 Å². The maximum absolute atomic E-state index is 6.01. The van der Waals surface area contributed by atoms with E-state index in [2.05, 4.69) is 15.0 Å². The average molecular weight is 282 g/mol. The van der Waals surface area contributed by atoms with Crippen molar-refractivity contribution in [2.75, 3.05) is 0 Å². The Balaban J connectivity index is 1.87. The Morgan fingerprint density at radius 1 is 1.28 bits per heavy atom. The number of hydrogen-bond donors (Lipinski definition) is 0. The van der Waals surface area contributed by atoms with Crippen molar-refractivity contribution in [2.24, 2.45) is 0 Å². The molecular weight excluding hydrogens is 270 g/mol. The molecule has 0 saturated heterocycles. The van der Waals surface area contributed by atoms with Gasteiger partial charge in [-0.05, 0) is 38.5 Å². The minimum Gasteiger partial charge on any atom is -0.436 e. The molecule has 1 aliphatic rings. The molecule has 0 amide bonds. The Labute approximate surface area is 114 Å². The highest BCUT2D eigenvalue weighted by atomic mass is 35.5. The van der Waals surface area contributed by atoms with Crippen molar-refractivity contribution in [1.29, 1.82) is 0 Å². The zero-order valence-corrected chi connectivity index (χ0v) is 11.7. The van der Waals surface area contributed by atoms with Crippen molar-refractivity contribution >= 4 is 23.4 Å². The highest BCUT2D eigenvalue weighted by Gasteiger charge is 2.27. The fraction of sp³-hybridized carbons (Fsp3) is 0.417. The molecule has 0 aliphatic heterocycles. The van der Waals surface area contributed by atoms with Gasteiger partial charge in [0.1, 0.15) is 21.8 Å². The van der Waals surface area contributed by atoms with Crippen molar-refractivity contribution in [3.05, 3.63) is 28.5 Å². The molecule has 2 heterocycles. The Bertz CT molecular complexity index is 576. The van der Waals surface area contributed by atoms with Crippen LogP contribution in [-0.4, -0.2) is 15.0 Å². The largest absolute Gasteiger partial charge is 0.436 e. The lowest BCUT2D eigenvalue weighted by Gasteiger charge is -2.01.